The van der Waals surface area contributed by atoms with E-state index in [1.54, 1.807) is 0 Å². The van der Waals surface area contributed by atoms with Crippen LogP contribution in [0.3, 0.4) is 0 Å². The average molecular weight is 388 g/mol. The average Bonchev–Trinajstić information content (AvgIpc) is 3.25. The number of aromatic nitrogens is 4. The van der Waals surface area contributed by atoms with E-state index in [-0.39, 0.29) is 5.02 Å². The Bertz CT molecular complexity index is 1150. The van der Waals surface area contributed by atoms with Gasteiger partial charge in [0.15, 0.2) is 5.82 Å². The molecule has 2 aromatic heterocycles. The lowest BCUT2D eigenvalue weighted by atomic mass is 10.1. The molecule has 0 saturated carbocycles. The summed E-state index contributed by atoms with van der Waals surface area (Å²) >= 11 is 5.83. The smallest absolute Gasteiger partial charge is 0.159 e. The Morgan fingerprint density at radius 3 is 2.93 bits per heavy atom. The molecule has 4 aromatic rings. The lowest BCUT2D eigenvalue weighted by Crippen LogP contribution is -2.36. The molecule has 0 aliphatic carbocycles. The maximum atomic E-state index is 13.9. The summed E-state index contributed by atoms with van der Waals surface area (Å²) in [6.45, 7) is 1.26. The van der Waals surface area contributed by atoms with E-state index < -0.39 is 12.0 Å². The molecule has 3 heterocycles. The minimum Gasteiger partial charge on any atom is -0.369 e. The highest BCUT2D eigenvalue weighted by Gasteiger charge is 2.20. The molecule has 1 fully saturated rings. The molecule has 138 valence electrons. The van der Waals surface area contributed by atoms with Gasteiger partial charge >= 0.3 is 0 Å². The highest BCUT2D eigenvalue weighted by atomic mass is 35.5. The van der Waals surface area contributed by atoms with Crippen molar-refractivity contribution in [2.24, 2.45) is 0 Å². The molecule has 1 aliphatic rings. The van der Waals surface area contributed by atoms with Crippen LogP contribution in [-0.4, -0.2) is 39.4 Å². The van der Waals surface area contributed by atoms with Crippen molar-refractivity contribution in [2.45, 2.75) is 19.0 Å². The maximum Gasteiger partial charge on any atom is 0.159 e. The van der Waals surface area contributed by atoms with Crippen LogP contribution in [-0.2, 0) is 0 Å². The zero-order valence-electron chi connectivity index (χ0n) is 14.3. The van der Waals surface area contributed by atoms with E-state index in [9.17, 15) is 8.78 Å². The molecule has 2 N–H and O–H groups in total. The Balaban J connectivity index is 1.56. The fraction of sp³-hybridized carbons (Fsp3) is 0.263. The molecule has 8 heteroatoms. The summed E-state index contributed by atoms with van der Waals surface area (Å²) in [4.78, 5) is 9.87. The molecule has 5 rings (SSSR count). The van der Waals surface area contributed by atoms with Gasteiger partial charge in [0, 0.05) is 24.2 Å². The van der Waals surface area contributed by atoms with Gasteiger partial charge in [-0.1, -0.05) is 11.6 Å². The van der Waals surface area contributed by atoms with Gasteiger partial charge in [0.05, 0.1) is 21.6 Å². The summed E-state index contributed by atoms with van der Waals surface area (Å²) in [5.41, 5.74) is 3.73. The fourth-order valence-electron chi connectivity index (χ4n) is 3.66. The number of anilines is 1. The molecule has 1 atom stereocenters. The minimum absolute atomic E-state index is 0.0413. The van der Waals surface area contributed by atoms with Crippen LogP contribution in [0.25, 0.3) is 33.5 Å². The van der Waals surface area contributed by atoms with Gasteiger partial charge in [-0.3, -0.25) is 5.10 Å². The van der Waals surface area contributed by atoms with Crippen LogP contribution in [0.1, 0.15) is 12.8 Å². The number of imidazole rings is 1. The molecule has 0 amide bonds. The Morgan fingerprint density at radius 2 is 2.07 bits per heavy atom. The number of nitrogens with one attached hydrogen (secondary N) is 2. The first-order valence-corrected chi connectivity index (χ1v) is 9.18. The lowest BCUT2D eigenvalue weighted by molar-refractivity contribution is 0.287. The number of benzene rings is 2. The second-order valence-electron chi connectivity index (χ2n) is 6.86. The summed E-state index contributed by atoms with van der Waals surface area (Å²) < 4.78 is 27.6. The van der Waals surface area contributed by atoms with Gasteiger partial charge in [0.1, 0.15) is 17.7 Å². The highest BCUT2D eigenvalue weighted by Crippen LogP contribution is 2.31. The number of H-pyrrole nitrogens is 2. The Labute approximate surface area is 158 Å². The molecule has 5 nitrogen and oxygen atoms in total. The summed E-state index contributed by atoms with van der Waals surface area (Å²) in [6.07, 6.45) is 0.685. The van der Waals surface area contributed by atoms with Crippen LogP contribution in [0.4, 0.5) is 14.5 Å². The normalized spacial score (nSPS) is 17.9. The van der Waals surface area contributed by atoms with E-state index in [2.05, 4.69) is 25.1 Å². The molecule has 1 aliphatic heterocycles. The topological polar surface area (TPSA) is 60.6 Å². The van der Waals surface area contributed by atoms with E-state index in [1.165, 1.54) is 12.1 Å². The Kier molecular flexibility index (Phi) is 3.79. The molecule has 2 aromatic carbocycles. The Morgan fingerprint density at radius 1 is 1.19 bits per heavy atom. The minimum atomic E-state index is -0.788. The molecule has 0 radical (unpaired) electrons. The SMILES string of the molecule is Fc1cc2c(-c3nc4ccc(N5CCCC(F)C5)cc4[nH]3)n[nH]c2cc1Cl. The van der Waals surface area contributed by atoms with E-state index in [1.807, 2.05) is 18.2 Å². The third-order valence-corrected chi connectivity index (χ3v) is 5.31. The van der Waals surface area contributed by atoms with Crippen molar-refractivity contribution in [3.8, 4) is 11.5 Å². The van der Waals surface area contributed by atoms with Gasteiger partial charge in [-0.05, 0) is 43.2 Å². The zero-order valence-corrected chi connectivity index (χ0v) is 15.0. The number of nitrogens with zero attached hydrogens (tertiary/aromatic N) is 3. The van der Waals surface area contributed by atoms with Crippen LogP contribution < -0.4 is 4.90 Å². The van der Waals surface area contributed by atoms with E-state index in [4.69, 9.17) is 11.6 Å². The highest BCUT2D eigenvalue weighted by molar-refractivity contribution is 6.31. The van der Waals surface area contributed by atoms with Gasteiger partial charge in [-0.2, -0.15) is 5.10 Å². The third-order valence-electron chi connectivity index (χ3n) is 5.02. The largest absolute Gasteiger partial charge is 0.369 e. The Hall–Kier alpha value is -2.67. The summed E-state index contributed by atoms with van der Waals surface area (Å²) in [6, 6.07) is 8.68. The molecule has 1 saturated heterocycles. The fourth-order valence-corrected chi connectivity index (χ4v) is 3.82. The first kappa shape index (κ1) is 16.5. The van der Waals surface area contributed by atoms with Crippen LogP contribution in [0.2, 0.25) is 5.02 Å². The molecular formula is C19H16ClF2N5. The van der Waals surface area contributed by atoms with Gasteiger partial charge in [-0.15, -0.1) is 0 Å². The van der Waals surface area contributed by atoms with E-state index in [0.29, 0.717) is 35.4 Å². The number of hydrogen-bond acceptors (Lipinski definition) is 3. The molecule has 27 heavy (non-hydrogen) atoms. The molecular weight excluding hydrogens is 372 g/mol. The van der Waals surface area contributed by atoms with Crippen LogP contribution >= 0.6 is 11.6 Å². The third kappa shape index (κ3) is 2.82. The molecule has 0 bridgehead atoms. The predicted octanol–water partition coefficient (Wildman–Crippen LogP) is 4.84. The van der Waals surface area contributed by atoms with Crippen LogP contribution in [0, 0.1) is 5.82 Å². The van der Waals surface area contributed by atoms with Crippen LogP contribution in [0.5, 0.6) is 0 Å². The standard InChI is InChI=1S/C19H16ClF2N5/c20-13-8-16-12(7-14(13)22)18(26-25-16)19-23-15-4-3-11(6-17(15)24-19)27-5-1-2-10(21)9-27/h3-4,6-8,10H,1-2,5,9H2,(H,23,24)(H,25,26). The van der Waals surface area contributed by atoms with Crippen LogP contribution in [0.15, 0.2) is 30.3 Å². The van der Waals surface area contributed by atoms with Crippen molar-refractivity contribution in [1.29, 1.82) is 0 Å². The molecule has 0 spiro atoms. The maximum absolute atomic E-state index is 13.9. The number of hydrogen-bond donors (Lipinski definition) is 2. The summed E-state index contributed by atoms with van der Waals surface area (Å²) in [7, 11) is 0. The van der Waals surface area contributed by atoms with Crippen molar-refractivity contribution >= 4 is 39.2 Å². The molecule has 1 unspecified atom stereocenters. The summed E-state index contributed by atoms with van der Waals surface area (Å²) in [5.74, 6) is 0.0354. The summed E-state index contributed by atoms with van der Waals surface area (Å²) in [5, 5.41) is 7.76. The number of halogens is 3. The number of piperidine rings is 1. The quantitative estimate of drug-likeness (QED) is 0.517. The van der Waals surface area contributed by atoms with Crippen molar-refractivity contribution < 1.29 is 8.78 Å². The number of aromatic amines is 2. The second kappa shape index (κ2) is 6.20. The van der Waals surface area contributed by atoms with Gasteiger partial charge < -0.3 is 9.88 Å². The van der Waals surface area contributed by atoms with Gasteiger partial charge in [0.25, 0.3) is 0 Å². The zero-order chi connectivity index (χ0) is 18.5. The van der Waals surface area contributed by atoms with Crippen molar-refractivity contribution in [2.75, 3.05) is 18.0 Å². The second-order valence-corrected chi connectivity index (χ2v) is 7.26. The number of alkyl halides is 1. The van der Waals surface area contributed by atoms with Gasteiger partial charge in [-0.25, -0.2) is 13.8 Å². The van der Waals surface area contributed by atoms with Gasteiger partial charge in [0.2, 0.25) is 0 Å². The number of fused-ring (bicyclic) bond motifs is 2. The van der Waals surface area contributed by atoms with Crippen molar-refractivity contribution in [3.05, 3.63) is 41.2 Å². The van der Waals surface area contributed by atoms with E-state index >= 15 is 0 Å². The monoisotopic (exact) mass is 387 g/mol. The van der Waals surface area contributed by atoms with Crippen molar-refractivity contribution in [1.82, 2.24) is 20.2 Å². The predicted molar refractivity (Wildman–Crippen MR) is 102 cm³/mol. The number of rotatable bonds is 2. The first-order chi connectivity index (χ1) is 13.1. The first-order valence-electron chi connectivity index (χ1n) is 8.81. The van der Waals surface area contributed by atoms with Crippen molar-refractivity contribution in [3.63, 3.8) is 0 Å². The van der Waals surface area contributed by atoms with E-state index in [0.717, 1.165) is 29.7 Å². The lowest BCUT2D eigenvalue weighted by Gasteiger charge is -2.30.